The quantitative estimate of drug-likeness (QED) is 0.792. The van der Waals surface area contributed by atoms with Gasteiger partial charge in [-0.25, -0.2) is 0 Å². The van der Waals surface area contributed by atoms with Crippen molar-refractivity contribution in [1.82, 2.24) is 0 Å². The van der Waals surface area contributed by atoms with Crippen LogP contribution in [-0.2, 0) is 4.74 Å². The molecule has 4 saturated carbocycles. The van der Waals surface area contributed by atoms with Crippen LogP contribution in [0.5, 0.6) is 0 Å². The predicted molar refractivity (Wildman–Crippen MR) is 93.2 cm³/mol. The standard InChI is InChI=1S/C21H36O2/c1-18(2)9-5-10-19(3)16(18)8-11-20-12-15(6-7-17(19)20)21(13-20,14-22)23-4/h15-17,22H,5-14H2,1-4H3/t15-,16+,17-,19+,20-,21+/m0/s1. The third-order valence-corrected chi connectivity index (χ3v) is 9.27. The van der Waals surface area contributed by atoms with E-state index in [1.165, 1.54) is 51.4 Å². The summed E-state index contributed by atoms with van der Waals surface area (Å²) in [6, 6.07) is 0. The molecule has 1 spiro atoms. The van der Waals surface area contributed by atoms with E-state index >= 15 is 0 Å². The van der Waals surface area contributed by atoms with Crippen LogP contribution in [0.1, 0.15) is 78.6 Å². The fourth-order valence-electron chi connectivity index (χ4n) is 8.41. The summed E-state index contributed by atoms with van der Waals surface area (Å²) < 4.78 is 5.97. The third-order valence-electron chi connectivity index (χ3n) is 9.27. The molecule has 0 aromatic heterocycles. The lowest BCUT2D eigenvalue weighted by molar-refractivity contribution is -0.145. The van der Waals surface area contributed by atoms with Crippen LogP contribution in [0.15, 0.2) is 0 Å². The van der Waals surface area contributed by atoms with Gasteiger partial charge in [-0.15, -0.1) is 0 Å². The molecule has 4 rings (SSSR count). The monoisotopic (exact) mass is 320 g/mol. The number of hydrogen-bond acceptors (Lipinski definition) is 2. The number of ether oxygens (including phenoxy) is 1. The van der Waals surface area contributed by atoms with Crippen molar-refractivity contribution in [3.8, 4) is 0 Å². The average Bonchev–Trinajstić information content (AvgIpc) is 2.74. The van der Waals surface area contributed by atoms with Gasteiger partial charge in [0.1, 0.15) is 0 Å². The summed E-state index contributed by atoms with van der Waals surface area (Å²) in [5, 5.41) is 10.1. The molecule has 0 amide bonds. The first kappa shape index (κ1) is 16.4. The van der Waals surface area contributed by atoms with Gasteiger partial charge in [-0.1, -0.05) is 27.2 Å². The molecule has 1 N–H and O–H groups in total. The van der Waals surface area contributed by atoms with Crippen LogP contribution in [0.2, 0.25) is 0 Å². The molecule has 2 bridgehead atoms. The molecule has 0 heterocycles. The number of aliphatic hydroxyl groups excluding tert-OH is 1. The lowest BCUT2D eigenvalue weighted by Gasteiger charge is -2.64. The maximum absolute atomic E-state index is 10.1. The van der Waals surface area contributed by atoms with Crippen molar-refractivity contribution < 1.29 is 9.84 Å². The first-order valence-electron chi connectivity index (χ1n) is 9.98. The topological polar surface area (TPSA) is 29.5 Å². The van der Waals surface area contributed by atoms with Crippen LogP contribution < -0.4 is 0 Å². The van der Waals surface area contributed by atoms with Crippen molar-refractivity contribution in [1.29, 1.82) is 0 Å². The van der Waals surface area contributed by atoms with Gasteiger partial charge >= 0.3 is 0 Å². The second-order valence-corrected chi connectivity index (χ2v) is 10.4. The summed E-state index contributed by atoms with van der Waals surface area (Å²) in [6.45, 7) is 7.91. The molecule has 23 heavy (non-hydrogen) atoms. The number of rotatable bonds is 2. The smallest absolute Gasteiger partial charge is 0.0941 e. The Kier molecular flexibility index (Phi) is 3.54. The van der Waals surface area contributed by atoms with E-state index in [-0.39, 0.29) is 12.2 Å². The summed E-state index contributed by atoms with van der Waals surface area (Å²) in [6.07, 6.45) is 12.1. The summed E-state index contributed by atoms with van der Waals surface area (Å²) in [5.41, 5.74) is 1.26. The van der Waals surface area contributed by atoms with Gasteiger partial charge in [-0.2, -0.15) is 0 Å². The Morgan fingerprint density at radius 1 is 1.00 bits per heavy atom. The highest BCUT2D eigenvalue weighted by molar-refractivity contribution is 5.16. The van der Waals surface area contributed by atoms with E-state index in [2.05, 4.69) is 20.8 Å². The Hall–Kier alpha value is -0.0800. The lowest BCUT2D eigenvalue weighted by atomic mass is 9.41. The highest BCUT2D eigenvalue weighted by Crippen LogP contribution is 2.73. The molecule has 0 unspecified atom stereocenters. The molecule has 2 heteroatoms. The van der Waals surface area contributed by atoms with Crippen LogP contribution in [0, 0.1) is 34.0 Å². The fraction of sp³-hybridized carbons (Fsp3) is 1.00. The van der Waals surface area contributed by atoms with Crippen LogP contribution in [0.25, 0.3) is 0 Å². The normalized spacial score (nSPS) is 54.4. The predicted octanol–water partition coefficient (Wildman–Crippen LogP) is 4.80. The van der Waals surface area contributed by atoms with Crippen molar-refractivity contribution in [3.05, 3.63) is 0 Å². The zero-order valence-corrected chi connectivity index (χ0v) is 15.7. The maximum Gasteiger partial charge on any atom is 0.0941 e. The zero-order valence-electron chi connectivity index (χ0n) is 15.7. The van der Waals surface area contributed by atoms with E-state index in [1.54, 1.807) is 0 Å². The minimum atomic E-state index is -0.234. The molecule has 0 aromatic rings. The Balaban J connectivity index is 1.71. The SMILES string of the molecule is CO[C@@]1(CO)C[C@@]23CC[C@@H]4C(C)(C)CCC[C@@]4(C)[C@@H]2CC[C@H]1C3. The maximum atomic E-state index is 10.1. The number of methoxy groups -OCH3 is 1. The molecule has 132 valence electrons. The Labute approximate surface area is 142 Å². The molecule has 4 aliphatic rings. The van der Waals surface area contributed by atoms with E-state index < -0.39 is 0 Å². The van der Waals surface area contributed by atoms with Gasteiger partial charge in [0.2, 0.25) is 0 Å². The van der Waals surface area contributed by atoms with Gasteiger partial charge in [0.05, 0.1) is 12.2 Å². The summed E-state index contributed by atoms with van der Waals surface area (Å²) >= 11 is 0. The molecule has 2 nitrogen and oxygen atoms in total. The molecule has 0 aliphatic heterocycles. The van der Waals surface area contributed by atoms with Crippen LogP contribution in [0.3, 0.4) is 0 Å². The molecule has 0 radical (unpaired) electrons. The zero-order chi connectivity index (χ0) is 16.5. The second-order valence-electron chi connectivity index (χ2n) is 10.4. The van der Waals surface area contributed by atoms with Crippen molar-refractivity contribution >= 4 is 0 Å². The first-order chi connectivity index (χ1) is 10.8. The van der Waals surface area contributed by atoms with Gasteiger partial charge < -0.3 is 9.84 Å². The minimum absolute atomic E-state index is 0.217. The lowest BCUT2D eigenvalue weighted by Crippen LogP contribution is -2.55. The van der Waals surface area contributed by atoms with E-state index in [9.17, 15) is 5.11 Å². The summed E-state index contributed by atoms with van der Waals surface area (Å²) in [5.74, 6) is 2.33. The largest absolute Gasteiger partial charge is 0.393 e. The van der Waals surface area contributed by atoms with Gasteiger partial charge in [0, 0.05) is 7.11 Å². The molecule has 4 aliphatic carbocycles. The Morgan fingerprint density at radius 3 is 2.48 bits per heavy atom. The highest BCUT2D eigenvalue weighted by Gasteiger charge is 2.67. The first-order valence-corrected chi connectivity index (χ1v) is 9.98. The molecule has 6 atom stereocenters. The van der Waals surface area contributed by atoms with Crippen LogP contribution in [-0.4, -0.2) is 24.4 Å². The second kappa shape index (κ2) is 4.97. The van der Waals surface area contributed by atoms with E-state index in [0.717, 1.165) is 18.3 Å². The van der Waals surface area contributed by atoms with Gasteiger partial charge in [-0.05, 0) is 85.4 Å². The summed E-state index contributed by atoms with van der Waals surface area (Å²) in [7, 11) is 1.83. The van der Waals surface area contributed by atoms with Crippen molar-refractivity contribution in [2.24, 2.45) is 34.0 Å². The fourth-order valence-corrected chi connectivity index (χ4v) is 8.41. The molecule has 0 aromatic carbocycles. The van der Waals surface area contributed by atoms with E-state index in [1.807, 2.05) is 7.11 Å². The molecular weight excluding hydrogens is 284 g/mol. The van der Waals surface area contributed by atoms with E-state index in [4.69, 9.17) is 4.74 Å². The highest BCUT2D eigenvalue weighted by atomic mass is 16.5. The van der Waals surface area contributed by atoms with Crippen LogP contribution >= 0.6 is 0 Å². The molecular formula is C21H36O2. The molecule has 4 fully saturated rings. The van der Waals surface area contributed by atoms with Gasteiger partial charge in [0.25, 0.3) is 0 Å². The van der Waals surface area contributed by atoms with Crippen molar-refractivity contribution in [3.63, 3.8) is 0 Å². The van der Waals surface area contributed by atoms with Gasteiger partial charge in [0.15, 0.2) is 0 Å². The van der Waals surface area contributed by atoms with Gasteiger partial charge in [-0.3, -0.25) is 0 Å². The van der Waals surface area contributed by atoms with Crippen LogP contribution in [0.4, 0.5) is 0 Å². The number of aliphatic hydroxyl groups is 1. The van der Waals surface area contributed by atoms with Crippen molar-refractivity contribution in [2.75, 3.05) is 13.7 Å². The minimum Gasteiger partial charge on any atom is -0.393 e. The number of hydrogen-bond donors (Lipinski definition) is 1. The average molecular weight is 321 g/mol. The molecule has 0 saturated heterocycles. The summed E-state index contributed by atoms with van der Waals surface area (Å²) in [4.78, 5) is 0. The number of fused-ring (bicyclic) bond motifs is 3. The Morgan fingerprint density at radius 2 is 1.78 bits per heavy atom. The third kappa shape index (κ3) is 2.00. The van der Waals surface area contributed by atoms with E-state index in [0.29, 0.717) is 22.2 Å². The van der Waals surface area contributed by atoms with Crippen molar-refractivity contribution in [2.45, 2.75) is 84.2 Å². The Bertz CT molecular complexity index is 480.